The quantitative estimate of drug-likeness (QED) is 0.929. The predicted molar refractivity (Wildman–Crippen MR) is 80.1 cm³/mol. The van der Waals surface area contributed by atoms with E-state index >= 15 is 0 Å². The molecule has 0 radical (unpaired) electrons. The van der Waals surface area contributed by atoms with Gasteiger partial charge in [0.15, 0.2) is 15.2 Å². The molecule has 0 amide bonds. The highest BCUT2D eigenvalue weighted by molar-refractivity contribution is 7.18. The van der Waals surface area contributed by atoms with Crippen LogP contribution in [0.1, 0.15) is 35.4 Å². The second kappa shape index (κ2) is 5.87. The molecule has 0 unspecified atom stereocenters. The van der Waals surface area contributed by atoms with Gasteiger partial charge in [0.1, 0.15) is 0 Å². The first-order chi connectivity index (χ1) is 9.65. The Bertz CT molecular complexity index is 494. The number of thiazole rings is 1. The van der Waals surface area contributed by atoms with Crippen molar-refractivity contribution in [3.05, 3.63) is 10.0 Å². The van der Waals surface area contributed by atoms with Gasteiger partial charge in [-0.05, 0) is 12.8 Å². The highest BCUT2D eigenvalue weighted by Crippen LogP contribution is 2.31. The molecule has 1 aromatic rings. The third kappa shape index (κ3) is 2.77. The lowest BCUT2D eigenvalue weighted by Gasteiger charge is -2.37. The lowest BCUT2D eigenvalue weighted by atomic mass is 10.2. The fourth-order valence-corrected chi connectivity index (χ4v) is 4.28. The fraction of sp³-hybridized carbons (Fsp3) is 0.692. The van der Waals surface area contributed by atoms with Crippen molar-refractivity contribution in [3.8, 4) is 0 Å². The van der Waals surface area contributed by atoms with Crippen molar-refractivity contribution in [2.45, 2.75) is 31.7 Å². The third-order valence-electron chi connectivity index (χ3n) is 4.19. The number of hydrogen-bond acceptors (Lipinski definition) is 5. The maximum absolute atomic E-state index is 11.0. The average molecular weight is 316 g/mol. The Kier molecular flexibility index (Phi) is 4.14. The summed E-state index contributed by atoms with van der Waals surface area (Å²) in [7, 11) is 0. The number of nitrogens with zero attached hydrogens (tertiary/aromatic N) is 3. The highest BCUT2D eigenvalue weighted by Gasteiger charge is 2.28. The summed E-state index contributed by atoms with van der Waals surface area (Å²) in [5.41, 5.74) is 0. The van der Waals surface area contributed by atoms with Crippen LogP contribution < -0.4 is 4.90 Å². The second-order valence-electron chi connectivity index (χ2n) is 5.38. The standard InChI is InChI=1S/C13H18ClN3O2S/c14-11-10(12(18)19)20-13(15-11)17-7-5-16(6-8-17)9-3-1-2-4-9/h9H,1-8H2,(H,18,19). The first-order valence-corrected chi connectivity index (χ1v) is 8.23. The molecular weight excluding hydrogens is 298 g/mol. The zero-order valence-corrected chi connectivity index (χ0v) is 12.8. The fourth-order valence-electron chi connectivity index (χ4n) is 3.11. The number of halogens is 1. The van der Waals surface area contributed by atoms with E-state index in [4.69, 9.17) is 16.7 Å². The predicted octanol–water partition coefficient (Wildman–Crippen LogP) is 2.56. The van der Waals surface area contributed by atoms with Crippen molar-refractivity contribution in [2.24, 2.45) is 0 Å². The van der Waals surface area contributed by atoms with Crippen molar-refractivity contribution >= 4 is 34.0 Å². The van der Waals surface area contributed by atoms with Crippen LogP contribution in [0.25, 0.3) is 0 Å². The molecular formula is C13H18ClN3O2S. The minimum Gasteiger partial charge on any atom is -0.477 e. The van der Waals surface area contributed by atoms with Crippen LogP contribution in [0.2, 0.25) is 5.15 Å². The number of carbonyl (C=O) groups is 1. The summed E-state index contributed by atoms with van der Waals surface area (Å²) in [5.74, 6) is -0.997. The monoisotopic (exact) mass is 315 g/mol. The van der Waals surface area contributed by atoms with Crippen LogP contribution >= 0.6 is 22.9 Å². The van der Waals surface area contributed by atoms with Crippen molar-refractivity contribution in [1.29, 1.82) is 0 Å². The Labute approximate surface area is 127 Å². The lowest BCUT2D eigenvalue weighted by molar-refractivity contribution is 0.0702. The SMILES string of the molecule is O=C(O)c1sc(N2CCN(C3CCCC3)CC2)nc1Cl. The Morgan fingerprint density at radius 2 is 1.90 bits per heavy atom. The van der Waals surface area contributed by atoms with Gasteiger partial charge in [0.05, 0.1) is 0 Å². The molecule has 1 aromatic heterocycles. The minimum absolute atomic E-state index is 0.107. The zero-order valence-electron chi connectivity index (χ0n) is 11.2. The molecule has 1 saturated heterocycles. The van der Waals surface area contributed by atoms with Crippen LogP contribution in [0.15, 0.2) is 0 Å². The van der Waals surface area contributed by atoms with Crippen LogP contribution in [-0.4, -0.2) is 53.2 Å². The van der Waals surface area contributed by atoms with Crippen LogP contribution in [0.4, 0.5) is 5.13 Å². The maximum Gasteiger partial charge on any atom is 0.349 e. The van der Waals surface area contributed by atoms with Crippen molar-refractivity contribution < 1.29 is 9.90 Å². The van der Waals surface area contributed by atoms with E-state index in [1.807, 2.05) is 0 Å². The molecule has 2 fully saturated rings. The number of aromatic carboxylic acids is 1. The number of carboxylic acid groups (broad SMARTS) is 1. The summed E-state index contributed by atoms with van der Waals surface area (Å²) < 4.78 is 0. The Hall–Kier alpha value is -0.850. The van der Waals surface area contributed by atoms with Crippen molar-refractivity contribution in [2.75, 3.05) is 31.1 Å². The van der Waals surface area contributed by atoms with Gasteiger partial charge in [0.25, 0.3) is 0 Å². The summed E-state index contributed by atoms with van der Waals surface area (Å²) in [4.78, 5) is 20.0. The summed E-state index contributed by atoms with van der Waals surface area (Å²) in [6, 6.07) is 0.756. The van der Waals surface area contributed by atoms with Crippen LogP contribution in [-0.2, 0) is 0 Å². The van der Waals surface area contributed by atoms with Crippen molar-refractivity contribution in [1.82, 2.24) is 9.88 Å². The van der Waals surface area contributed by atoms with Crippen molar-refractivity contribution in [3.63, 3.8) is 0 Å². The van der Waals surface area contributed by atoms with Gasteiger partial charge in [-0.2, -0.15) is 0 Å². The van der Waals surface area contributed by atoms with E-state index in [1.165, 1.54) is 37.0 Å². The van der Waals surface area contributed by atoms with Gasteiger partial charge in [0, 0.05) is 32.2 Å². The van der Waals surface area contributed by atoms with Gasteiger partial charge in [-0.3, -0.25) is 4.90 Å². The van der Waals surface area contributed by atoms with E-state index in [1.54, 1.807) is 0 Å². The number of carboxylic acids is 1. The van der Waals surface area contributed by atoms with Gasteiger partial charge in [-0.15, -0.1) is 0 Å². The molecule has 2 aliphatic rings. The van der Waals surface area contributed by atoms with Crippen LogP contribution in [0.5, 0.6) is 0 Å². The van der Waals surface area contributed by atoms with Gasteiger partial charge >= 0.3 is 5.97 Å². The number of piperazine rings is 1. The van der Waals surface area contributed by atoms with Gasteiger partial charge < -0.3 is 10.0 Å². The molecule has 1 N–H and O–H groups in total. The van der Waals surface area contributed by atoms with Gasteiger partial charge in [0.2, 0.25) is 0 Å². The molecule has 5 nitrogen and oxygen atoms in total. The zero-order chi connectivity index (χ0) is 14.1. The van der Waals surface area contributed by atoms with E-state index in [0.717, 1.165) is 37.4 Å². The number of hydrogen-bond donors (Lipinski definition) is 1. The van der Waals surface area contributed by atoms with E-state index in [0.29, 0.717) is 0 Å². The summed E-state index contributed by atoms with van der Waals surface area (Å²) in [5, 5.41) is 9.86. The van der Waals surface area contributed by atoms with E-state index < -0.39 is 5.97 Å². The topological polar surface area (TPSA) is 56.7 Å². The Morgan fingerprint density at radius 3 is 2.45 bits per heavy atom. The molecule has 0 aromatic carbocycles. The summed E-state index contributed by atoms with van der Waals surface area (Å²) in [6.07, 6.45) is 5.36. The Balaban J connectivity index is 1.62. The largest absolute Gasteiger partial charge is 0.477 e. The maximum atomic E-state index is 11.0. The van der Waals surface area contributed by atoms with E-state index in [-0.39, 0.29) is 10.0 Å². The molecule has 7 heteroatoms. The number of anilines is 1. The van der Waals surface area contributed by atoms with E-state index in [2.05, 4.69) is 14.8 Å². The Morgan fingerprint density at radius 1 is 1.25 bits per heavy atom. The molecule has 1 saturated carbocycles. The molecule has 0 spiro atoms. The second-order valence-corrected chi connectivity index (χ2v) is 6.72. The highest BCUT2D eigenvalue weighted by atomic mass is 35.5. The molecule has 0 atom stereocenters. The third-order valence-corrected chi connectivity index (χ3v) is 5.68. The molecule has 1 aliphatic carbocycles. The van der Waals surface area contributed by atoms with Gasteiger partial charge in [-0.25, -0.2) is 9.78 Å². The normalized spacial score (nSPS) is 21.6. The molecule has 110 valence electrons. The minimum atomic E-state index is -0.997. The molecule has 3 rings (SSSR count). The first kappa shape index (κ1) is 14.1. The number of aromatic nitrogens is 1. The smallest absolute Gasteiger partial charge is 0.349 e. The summed E-state index contributed by atoms with van der Waals surface area (Å²) >= 11 is 7.05. The molecule has 20 heavy (non-hydrogen) atoms. The number of rotatable bonds is 3. The first-order valence-electron chi connectivity index (χ1n) is 7.04. The molecule has 1 aliphatic heterocycles. The average Bonchev–Trinajstić information content (AvgIpc) is 3.08. The van der Waals surface area contributed by atoms with E-state index in [9.17, 15) is 4.79 Å². The molecule has 0 bridgehead atoms. The van der Waals surface area contributed by atoms with Gasteiger partial charge in [-0.1, -0.05) is 35.8 Å². The lowest BCUT2D eigenvalue weighted by Crippen LogP contribution is -2.49. The summed E-state index contributed by atoms with van der Waals surface area (Å²) in [6.45, 7) is 3.87. The van der Waals surface area contributed by atoms with Crippen LogP contribution in [0, 0.1) is 0 Å². The molecule has 2 heterocycles. The van der Waals surface area contributed by atoms with Crippen LogP contribution in [0.3, 0.4) is 0 Å².